The molecule has 32 heavy (non-hydrogen) atoms. The van der Waals surface area contributed by atoms with Gasteiger partial charge >= 0.3 is 8.32 Å². The molecule has 0 spiro atoms. The molecule has 178 valence electrons. The molecule has 0 fully saturated rings. The summed E-state index contributed by atoms with van der Waals surface area (Å²) in [6, 6.07) is 20.5. The lowest BCUT2D eigenvalue weighted by Crippen LogP contribution is -2.66. The summed E-state index contributed by atoms with van der Waals surface area (Å²) < 4.78 is 12.0. The van der Waals surface area contributed by atoms with Gasteiger partial charge in [-0.05, 0) is 33.5 Å². The topological polar surface area (TPSA) is 57.2 Å². The minimum Gasteiger partial charge on any atom is -0.388 e. The third-order valence-electron chi connectivity index (χ3n) is 6.20. The van der Waals surface area contributed by atoms with Crippen molar-refractivity contribution in [2.24, 2.45) is 0 Å². The van der Waals surface area contributed by atoms with Gasteiger partial charge in [-0.15, -0.1) is 0 Å². The van der Waals surface area contributed by atoms with Crippen LogP contribution in [0.1, 0.15) is 41.5 Å². The summed E-state index contributed by atoms with van der Waals surface area (Å²) in [6.45, 7) is 17.2. The van der Waals surface area contributed by atoms with Crippen LogP contribution in [0.2, 0.25) is 23.2 Å². The summed E-state index contributed by atoms with van der Waals surface area (Å²) in [5.41, 5.74) is 0. The number of rotatable bonds is 10. The first-order valence-electron chi connectivity index (χ1n) is 11.2. The highest BCUT2D eigenvalue weighted by Crippen LogP contribution is 2.37. The maximum absolute atomic E-state index is 10.4. The van der Waals surface area contributed by atoms with E-state index in [-0.39, 0.29) is 23.3 Å². The number of aliphatic hydroxyl groups excluding tert-OH is 1. The predicted octanol–water partition coefficient (Wildman–Crippen LogP) is 4.81. The summed E-state index contributed by atoms with van der Waals surface area (Å²) in [4.78, 5) is 11.1. The molecule has 0 aliphatic heterocycles. The molecular weight excluding hydrogens is 436 g/mol. The molecule has 1 atom stereocenters. The van der Waals surface area contributed by atoms with Gasteiger partial charge in [0.05, 0.1) is 0 Å². The van der Waals surface area contributed by atoms with Crippen molar-refractivity contribution >= 4 is 27.0 Å². The highest BCUT2D eigenvalue weighted by atomic mass is 28.4. The second kappa shape index (κ2) is 10.7. The summed E-state index contributed by atoms with van der Waals surface area (Å²) in [7, 11) is -4.85. The van der Waals surface area contributed by atoms with E-state index in [9.17, 15) is 5.11 Å². The first kappa shape index (κ1) is 26.9. The Labute approximate surface area is 195 Å². The van der Waals surface area contributed by atoms with Crippen molar-refractivity contribution in [1.82, 2.24) is 0 Å². The summed E-state index contributed by atoms with van der Waals surface area (Å²) >= 11 is 0. The predicted molar refractivity (Wildman–Crippen MR) is 135 cm³/mol. The van der Waals surface area contributed by atoms with Crippen molar-refractivity contribution in [3.63, 3.8) is 0 Å². The fraction of sp³-hybridized carbons (Fsp3) is 0.520. The van der Waals surface area contributed by atoms with Crippen molar-refractivity contribution in [3.05, 3.63) is 60.7 Å². The molecule has 0 bridgehead atoms. The molecule has 7 heteroatoms. The van der Waals surface area contributed by atoms with Gasteiger partial charge in [-0.3, -0.25) is 9.15 Å². The van der Waals surface area contributed by atoms with E-state index in [1.54, 1.807) is 0 Å². The van der Waals surface area contributed by atoms with E-state index in [0.717, 1.165) is 10.4 Å². The van der Waals surface area contributed by atoms with Crippen molar-refractivity contribution in [1.29, 1.82) is 0 Å². The smallest absolute Gasteiger partial charge is 0.305 e. The minimum absolute atomic E-state index is 0.00857. The second-order valence-electron chi connectivity index (χ2n) is 10.8. The maximum atomic E-state index is 10.4. The molecule has 2 rings (SSSR count). The number of aliphatic hydroxyl groups is 1. The third kappa shape index (κ3) is 6.38. The Hall–Kier alpha value is -1.33. The lowest BCUT2D eigenvalue weighted by atomic mass is 10.2. The summed E-state index contributed by atoms with van der Waals surface area (Å²) in [5, 5.41) is 12.5. The Morgan fingerprint density at radius 1 is 0.688 bits per heavy atom. The van der Waals surface area contributed by atoms with Crippen LogP contribution < -0.4 is 10.4 Å². The van der Waals surface area contributed by atoms with Crippen LogP contribution >= 0.6 is 0 Å². The first-order chi connectivity index (χ1) is 14.8. The monoisotopic (exact) mass is 476 g/mol. The normalized spacial score (nSPS) is 14.4. The Morgan fingerprint density at radius 2 is 1.09 bits per heavy atom. The van der Waals surface area contributed by atoms with E-state index in [1.807, 2.05) is 36.4 Å². The largest absolute Gasteiger partial charge is 0.388 e. The van der Waals surface area contributed by atoms with E-state index < -0.39 is 22.7 Å². The standard InChI is InChI=1S/C25H40O5Si2/c1-24(2,3)31(7,8)29-27-19-21(26)20-28-30-32(25(4,5)6,22-15-11-9-12-16-22)23-17-13-10-14-18-23/h9-18,21,26H,19-20H2,1-8H3. The average Bonchev–Trinajstić information content (AvgIpc) is 2.70. The zero-order valence-electron chi connectivity index (χ0n) is 20.8. The van der Waals surface area contributed by atoms with Crippen LogP contribution in [0.5, 0.6) is 0 Å². The molecule has 5 nitrogen and oxygen atoms in total. The molecule has 0 heterocycles. The number of hydrogen-bond donors (Lipinski definition) is 1. The van der Waals surface area contributed by atoms with Gasteiger partial charge in [-0.1, -0.05) is 102 Å². The van der Waals surface area contributed by atoms with Crippen molar-refractivity contribution in [3.8, 4) is 0 Å². The van der Waals surface area contributed by atoms with Gasteiger partial charge < -0.3 is 5.11 Å². The molecule has 0 saturated carbocycles. The summed E-state index contributed by atoms with van der Waals surface area (Å²) in [6.07, 6.45) is -0.863. The van der Waals surface area contributed by atoms with E-state index in [2.05, 4.69) is 78.9 Å². The van der Waals surface area contributed by atoms with Crippen LogP contribution in [0.25, 0.3) is 0 Å². The highest BCUT2D eigenvalue weighted by molar-refractivity contribution is 6.99. The average molecular weight is 477 g/mol. The van der Waals surface area contributed by atoms with Crippen molar-refractivity contribution in [2.75, 3.05) is 13.2 Å². The van der Waals surface area contributed by atoms with Crippen LogP contribution in [0.3, 0.4) is 0 Å². The van der Waals surface area contributed by atoms with E-state index in [1.165, 1.54) is 0 Å². The van der Waals surface area contributed by atoms with Crippen molar-refractivity contribution in [2.45, 2.75) is 70.8 Å². The Morgan fingerprint density at radius 3 is 1.47 bits per heavy atom. The first-order valence-corrected chi connectivity index (χ1v) is 16.0. The third-order valence-corrected chi connectivity index (χ3v) is 15.1. The van der Waals surface area contributed by atoms with Gasteiger partial charge in [-0.2, -0.15) is 0 Å². The van der Waals surface area contributed by atoms with Crippen LogP contribution in [0, 0.1) is 0 Å². The van der Waals surface area contributed by atoms with Gasteiger partial charge in [0.1, 0.15) is 19.3 Å². The molecule has 2 aromatic rings. The minimum atomic E-state index is -2.80. The lowest BCUT2D eigenvalue weighted by molar-refractivity contribution is -0.269. The quantitative estimate of drug-likeness (QED) is 0.303. The lowest BCUT2D eigenvalue weighted by Gasteiger charge is -2.41. The summed E-state index contributed by atoms with van der Waals surface area (Å²) in [5.74, 6) is 0. The van der Waals surface area contributed by atoms with Crippen LogP contribution in [-0.2, 0) is 18.9 Å². The molecule has 2 aromatic carbocycles. The Kier molecular flexibility index (Phi) is 9.03. The zero-order valence-corrected chi connectivity index (χ0v) is 22.8. The molecule has 1 unspecified atom stereocenters. The molecule has 0 aliphatic carbocycles. The molecule has 1 N–H and O–H groups in total. The molecule has 0 saturated heterocycles. The van der Waals surface area contributed by atoms with E-state index in [4.69, 9.17) is 18.9 Å². The Bertz CT molecular complexity index is 774. The van der Waals surface area contributed by atoms with E-state index >= 15 is 0 Å². The van der Waals surface area contributed by atoms with Gasteiger partial charge in [0.15, 0.2) is 0 Å². The molecule has 0 aliphatic rings. The number of benzene rings is 2. The van der Waals surface area contributed by atoms with Gasteiger partial charge in [0, 0.05) is 0 Å². The van der Waals surface area contributed by atoms with Gasteiger partial charge in [-0.25, -0.2) is 9.78 Å². The molecule has 0 amide bonds. The zero-order chi connectivity index (χ0) is 24.0. The maximum Gasteiger partial charge on any atom is 0.305 e. The molecular formula is C25H40O5Si2. The van der Waals surface area contributed by atoms with Crippen LogP contribution in [-0.4, -0.2) is 41.1 Å². The van der Waals surface area contributed by atoms with Gasteiger partial charge in [0.25, 0.3) is 0 Å². The fourth-order valence-electron chi connectivity index (χ4n) is 3.23. The Balaban J connectivity index is 2.12. The van der Waals surface area contributed by atoms with Crippen molar-refractivity contribution < 1.29 is 24.0 Å². The number of hydrogen-bond acceptors (Lipinski definition) is 5. The van der Waals surface area contributed by atoms with E-state index in [0.29, 0.717) is 0 Å². The SMILES string of the molecule is CC(C)(C)[Si](C)(C)OOCC(O)COO[Si](c1ccccc1)(c1ccccc1)C(C)(C)C. The van der Waals surface area contributed by atoms with Crippen LogP contribution in [0.4, 0.5) is 0 Å². The highest BCUT2D eigenvalue weighted by Gasteiger charge is 2.52. The molecule has 0 radical (unpaired) electrons. The second-order valence-corrected chi connectivity index (χ2v) is 19.7. The fourth-order valence-corrected chi connectivity index (χ4v) is 7.92. The van der Waals surface area contributed by atoms with Crippen LogP contribution in [0.15, 0.2) is 60.7 Å². The molecule has 0 aromatic heterocycles. The van der Waals surface area contributed by atoms with Gasteiger partial charge in [0.2, 0.25) is 8.32 Å².